The lowest BCUT2D eigenvalue weighted by Crippen LogP contribution is -2.43. The Labute approximate surface area is 162 Å². The molecule has 1 N–H and O–H groups in total. The molecule has 0 saturated heterocycles. The van der Waals surface area contributed by atoms with E-state index in [1.807, 2.05) is 13.8 Å². The molecule has 0 unspecified atom stereocenters. The van der Waals surface area contributed by atoms with Gasteiger partial charge in [0, 0.05) is 16.7 Å². The van der Waals surface area contributed by atoms with Crippen LogP contribution in [0.1, 0.15) is 30.6 Å². The molecule has 1 aliphatic heterocycles. The third kappa shape index (κ3) is 4.92. The Morgan fingerprint density at radius 2 is 1.81 bits per heavy atom. The number of amides is 1. The van der Waals surface area contributed by atoms with Crippen molar-refractivity contribution >= 4 is 23.5 Å². The van der Waals surface area contributed by atoms with Gasteiger partial charge in [-0.15, -0.1) is 0 Å². The molecular formula is C20H20ClNO5. The average molecular weight is 390 g/mol. The minimum absolute atomic E-state index is 0.139. The van der Waals surface area contributed by atoms with Crippen molar-refractivity contribution in [3.05, 3.63) is 53.1 Å². The summed E-state index contributed by atoms with van der Waals surface area (Å²) in [6, 6.07) is 10.6. The van der Waals surface area contributed by atoms with Gasteiger partial charge in [-0.1, -0.05) is 25.4 Å². The van der Waals surface area contributed by atoms with Gasteiger partial charge in [0.25, 0.3) is 5.91 Å². The number of esters is 1. The van der Waals surface area contributed by atoms with Crippen LogP contribution in [0.3, 0.4) is 0 Å². The molecule has 27 heavy (non-hydrogen) atoms. The highest BCUT2D eigenvalue weighted by Gasteiger charge is 2.25. The fourth-order valence-corrected chi connectivity index (χ4v) is 2.78. The molecule has 0 bridgehead atoms. The van der Waals surface area contributed by atoms with E-state index < -0.39 is 12.0 Å². The second-order valence-electron chi connectivity index (χ2n) is 6.60. The molecule has 1 atom stereocenters. The number of carbonyl (C=O) groups excluding carboxylic acids is 2. The van der Waals surface area contributed by atoms with Crippen LogP contribution >= 0.6 is 11.6 Å². The molecule has 0 aliphatic carbocycles. The lowest BCUT2D eigenvalue weighted by Gasteiger charge is -2.19. The molecule has 0 saturated carbocycles. The van der Waals surface area contributed by atoms with Crippen LogP contribution in [0.4, 0.5) is 0 Å². The summed E-state index contributed by atoms with van der Waals surface area (Å²) in [6.45, 7) is 4.07. The number of halogens is 1. The van der Waals surface area contributed by atoms with E-state index in [9.17, 15) is 9.59 Å². The zero-order chi connectivity index (χ0) is 19.4. The second kappa shape index (κ2) is 8.31. The van der Waals surface area contributed by atoms with Crippen molar-refractivity contribution in [1.82, 2.24) is 5.32 Å². The SMILES string of the molecule is CC(C)C[C@@H](NC(=O)c1ccc(Cl)cc1)C(=O)Oc1ccc2c(c1)OCO2. The summed E-state index contributed by atoms with van der Waals surface area (Å²) >= 11 is 5.85. The first-order chi connectivity index (χ1) is 12.9. The second-order valence-corrected chi connectivity index (χ2v) is 7.04. The van der Waals surface area contributed by atoms with Crippen molar-refractivity contribution < 1.29 is 23.8 Å². The average Bonchev–Trinajstić information content (AvgIpc) is 3.09. The first kappa shape index (κ1) is 19.0. The molecule has 3 rings (SSSR count). The van der Waals surface area contributed by atoms with Crippen LogP contribution in [-0.4, -0.2) is 24.7 Å². The largest absolute Gasteiger partial charge is 0.454 e. The first-order valence-electron chi connectivity index (χ1n) is 8.60. The monoisotopic (exact) mass is 389 g/mol. The number of fused-ring (bicyclic) bond motifs is 1. The summed E-state index contributed by atoms with van der Waals surface area (Å²) in [7, 11) is 0. The van der Waals surface area contributed by atoms with E-state index in [1.54, 1.807) is 42.5 Å². The Morgan fingerprint density at radius 3 is 2.52 bits per heavy atom. The van der Waals surface area contributed by atoms with Crippen molar-refractivity contribution in [3.8, 4) is 17.2 Å². The summed E-state index contributed by atoms with van der Waals surface area (Å²) in [5.41, 5.74) is 0.420. The van der Waals surface area contributed by atoms with E-state index in [-0.39, 0.29) is 18.6 Å². The minimum atomic E-state index is -0.779. The number of nitrogens with one attached hydrogen (secondary N) is 1. The van der Waals surface area contributed by atoms with Crippen molar-refractivity contribution in [3.63, 3.8) is 0 Å². The van der Waals surface area contributed by atoms with E-state index >= 15 is 0 Å². The molecule has 0 radical (unpaired) electrons. The molecule has 2 aromatic carbocycles. The Balaban J connectivity index is 1.70. The third-order valence-electron chi connectivity index (χ3n) is 3.97. The molecule has 6 nitrogen and oxygen atoms in total. The van der Waals surface area contributed by atoms with Crippen LogP contribution in [0.2, 0.25) is 5.02 Å². The van der Waals surface area contributed by atoms with Crippen molar-refractivity contribution in [2.75, 3.05) is 6.79 Å². The van der Waals surface area contributed by atoms with Gasteiger partial charge in [-0.05, 0) is 48.7 Å². The van der Waals surface area contributed by atoms with Gasteiger partial charge in [0.15, 0.2) is 11.5 Å². The van der Waals surface area contributed by atoms with Crippen molar-refractivity contribution in [1.29, 1.82) is 0 Å². The van der Waals surface area contributed by atoms with Gasteiger partial charge in [0.05, 0.1) is 0 Å². The van der Waals surface area contributed by atoms with Crippen LogP contribution in [0.5, 0.6) is 17.2 Å². The Bertz CT molecular complexity index is 835. The van der Waals surface area contributed by atoms with Crippen molar-refractivity contribution in [2.24, 2.45) is 5.92 Å². The number of carbonyl (C=O) groups is 2. The molecule has 7 heteroatoms. The van der Waals surface area contributed by atoms with Crippen LogP contribution in [0.15, 0.2) is 42.5 Å². The van der Waals surface area contributed by atoms with Gasteiger partial charge in [0.1, 0.15) is 11.8 Å². The van der Waals surface area contributed by atoms with E-state index in [0.29, 0.717) is 34.3 Å². The Morgan fingerprint density at radius 1 is 1.11 bits per heavy atom. The maximum Gasteiger partial charge on any atom is 0.334 e. The predicted molar refractivity (Wildman–Crippen MR) is 100 cm³/mol. The maximum absolute atomic E-state index is 12.6. The van der Waals surface area contributed by atoms with Gasteiger partial charge >= 0.3 is 5.97 Å². The third-order valence-corrected chi connectivity index (χ3v) is 4.22. The highest BCUT2D eigenvalue weighted by Crippen LogP contribution is 2.35. The summed E-state index contributed by atoms with van der Waals surface area (Å²) < 4.78 is 16.0. The Kier molecular flexibility index (Phi) is 5.86. The Hall–Kier alpha value is -2.73. The lowest BCUT2D eigenvalue weighted by molar-refractivity contribution is -0.137. The molecule has 0 aromatic heterocycles. The normalized spacial score (nSPS) is 13.3. The van der Waals surface area contributed by atoms with Gasteiger partial charge in [-0.2, -0.15) is 0 Å². The number of rotatable bonds is 6. The van der Waals surface area contributed by atoms with Gasteiger partial charge in [0.2, 0.25) is 6.79 Å². The first-order valence-corrected chi connectivity index (χ1v) is 8.98. The molecule has 2 aromatic rings. The summed E-state index contributed by atoms with van der Waals surface area (Å²) in [5.74, 6) is 0.740. The van der Waals surface area contributed by atoms with Crippen molar-refractivity contribution in [2.45, 2.75) is 26.3 Å². The topological polar surface area (TPSA) is 73.9 Å². The zero-order valence-corrected chi connectivity index (χ0v) is 15.8. The standard InChI is InChI=1S/C20H20ClNO5/c1-12(2)9-16(22-19(23)13-3-5-14(21)6-4-13)20(24)27-15-7-8-17-18(10-15)26-11-25-17/h3-8,10,12,16H,9,11H2,1-2H3,(H,22,23)/t16-/m1/s1. The fraction of sp³-hybridized carbons (Fsp3) is 0.300. The molecule has 0 fully saturated rings. The van der Waals surface area contributed by atoms with E-state index in [4.69, 9.17) is 25.8 Å². The van der Waals surface area contributed by atoms with E-state index in [1.165, 1.54) is 0 Å². The molecule has 1 heterocycles. The fourth-order valence-electron chi connectivity index (χ4n) is 2.66. The number of ether oxygens (including phenoxy) is 3. The molecule has 1 amide bonds. The van der Waals surface area contributed by atoms with Crippen LogP contribution in [-0.2, 0) is 4.79 Å². The van der Waals surface area contributed by atoms with Crippen LogP contribution in [0.25, 0.3) is 0 Å². The number of hydrogen-bond donors (Lipinski definition) is 1. The quantitative estimate of drug-likeness (QED) is 0.600. The minimum Gasteiger partial charge on any atom is -0.454 e. The molecular weight excluding hydrogens is 370 g/mol. The smallest absolute Gasteiger partial charge is 0.334 e. The predicted octanol–water partition coefficient (Wildman–Crippen LogP) is 3.82. The summed E-state index contributed by atoms with van der Waals surface area (Å²) in [6.07, 6.45) is 0.447. The zero-order valence-electron chi connectivity index (χ0n) is 15.0. The van der Waals surface area contributed by atoms with E-state index in [2.05, 4.69) is 5.32 Å². The van der Waals surface area contributed by atoms with Gasteiger partial charge in [-0.3, -0.25) is 4.79 Å². The summed E-state index contributed by atoms with van der Waals surface area (Å²) in [5, 5.41) is 3.28. The van der Waals surface area contributed by atoms with Gasteiger partial charge in [-0.25, -0.2) is 4.79 Å². The van der Waals surface area contributed by atoms with Crippen LogP contribution < -0.4 is 19.5 Å². The summed E-state index contributed by atoms with van der Waals surface area (Å²) in [4.78, 5) is 25.1. The molecule has 0 spiro atoms. The number of benzene rings is 2. The van der Waals surface area contributed by atoms with E-state index in [0.717, 1.165) is 0 Å². The number of hydrogen-bond acceptors (Lipinski definition) is 5. The molecule has 142 valence electrons. The van der Waals surface area contributed by atoms with Crippen LogP contribution in [0, 0.1) is 5.92 Å². The highest BCUT2D eigenvalue weighted by atomic mass is 35.5. The maximum atomic E-state index is 12.6. The lowest BCUT2D eigenvalue weighted by atomic mass is 10.0. The molecule has 1 aliphatic rings. The highest BCUT2D eigenvalue weighted by molar-refractivity contribution is 6.30. The van der Waals surface area contributed by atoms with Gasteiger partial charge < -0.3 is 19.5 Å².